The Morgan fingerprint density at radius 3 is 0.687 bits per heavy atom. The number of unbranched alkanes of at least 4 members (excludes halogenated alkanes) is 49. The maximum absolute atomic E-state index is 13.1. The van der Waals surface area contributed by atoms with Crippen LogP contribution in [0.4, 0.5) is 0 Å². The third kappa shape index (κ3) is 74.1. The van der Waals surface area contributed by atoms with Crippen LogP contribution in [0.15, 0.2) is 0 Å². The van der Waals surface area contributed by atoms with E-state index in [9.17, 15) is 43.2 Å². The summed E-state index contributed by atoms with van der Waals surface area (Å²) >= 11 is 0. The number of phosphoric acid groups is 2. The maximum atomic E-state index is 13.1. The zero-order valence-corrected chi connectivity index (χ0v) is 66.6. The van der Waals surface area contributed by atoms with Crippen molar-refractivity contribution in [3.05, 3.63) is 0 Å². The van der Waals surface area contributed by atoms with Crippen molar-refractivity contribution >= 4 is 39.5 Å². The molecule has 0 bridgehead atoms. The van der Waals surface area contributed by atoms with E-state index in [1.54, 1.807) is 0 Å². The summed E-state index contributed by atoms with van der Waals surface area (Å²) in [5.41, 5.74) is 0. The van der Waals surface area contributed by atoms with Crippen molar-refractivity contribution in [2.24, 2.45) is 11.8 Å². The summed E-state index contributed by atoms with van der Waals surface area (Å²) in [7, 11) is -9.92. The number of aliphatic hydroxyl groups is 1. The van der Waals surface area contributed by atoms with Gasteiger partial charge in [-0.1, -0.05) is 369 Å². The molecule has 0 rings (SSSR count). The van der Waals surface area contributed by atoms with Gasteiger partial charge in [-0.2, -0.15) is 0 Å². The van der Waals surface area contributed by atoms with Crippen LogP contribution in [0.1, 0.15) is 420 Å². The van der Waals surface area contributed by atoms with Crippen molar-refractivity contribution in [3.63, 3.8) is 0 Å². The van der Waals surface area contributed by atoms with Crippen LogP contribution >= 0.6 is 15.6 Å². The first kappa shape index (κ1) is 97.1. The average Bonchev–Trinajstić information content (AvgIpc) is 0.984. The highest BCUT2D eigenvalue weighted by atomic mass is 31.2. The molecular formula is C80H156O17P2. The molecule has 17 nitrogen and oxygen atoms in total. The Labute approximate surface area is 607 Å². The lowest BCUT2D eigenvalue weighted by molar-refractivity contribution is -0.161. The number of carbonyl (C=O) groups is 4. The summed E-state index contributed by atoms with van der Waals surface area (Å²) in [4.78, 5) is 73.0. The largest absolute Gasteiger partial charge is 0.472 e. The van der Waals surface area contributed by atoms with Gasteiger partial charge in [0.05, 0.1) is 26.4 Å². The molecule has 0 aromatic carbocycles. The molecule has 0 saturated carbocycles. The van der Waals surface area contributed by atoms with Gasteiger partial charge in [-0.15, -0.1) is 0 Å². The fourth-order valence-electron chi connectivity index (χ4n) is 12.4. The summed E-state index contributed by atoms with van der Waals surface area (Å²) in [6.45, 7) is 9.66. The second-order valence-corrected chi connectivity index (χ2v) is 32.7. The number of aliphatic hydroxyl groups excluding tert-OH is 1. The van der Waals surface area contributed by atoms with Gasteiger partial charge < -0.3 is 33.8 Å². The molecule has 5 atom stereocenters. The van der Waals surface area contributed by atoms with Gasteiger partial charge >= 0.3 is 39.5 Å². The number of rotatable bonds is 79. The van der Waals surface area contributed by atoms with Crippen LogP contribution in [-0.4, -0.2) is 96.7 Å². The average molecular weight is 1450 g/mol. The Kier molecular flexibility index (Phi) is 70.3. The lowest BCUT2D eigenvalue weighted by Gasteiger charge is -2.21. The van der Waals surface area contributed by atoms with E-state index in [1.807, 2.05) is 0 Å². The molecule has 0 aliphatic rings. The molecule has 588 valence electrons. The van der Waals surface area contributed by atoms with E-state index >= 15 is 0 Å². The molecule has 0 fully saturated rings. The standard InChI is InChI=1S/C80H156O17P2/c1-7-9-11-13-15-17-19-21-22-23-27-33-39-45-51-57-63-78(83)91-68-75(96-79(84)64-58-52-46-40-34-28-24-26-30-36-42-48-54-60-72(3)4)70-94-98(86,87)92-66-74(81)67-93-99(88,89)95-71-76(69-90-77(82)62-56-50-44-38-32-25-20-18-16-14-12-10-8-2)97-80(85)65-59-53-47-41-35-29-31-37-43-49-55-61-73(5)6/h72-76,81H,7-71H2,1-6H3,(H,86,87)(H,88,89)/t74-,75-,76-/m1/s1. The first-order valence-corrected chi connectivity index (χ1v) is 44.5. The Morgan fingerprint density at radius 2 is 0.465 bits per heavy atom. The molecule has 0 amide bonds. The second-order valence-electron chi connectivity index (χ2n) is 29.8. The minimum Gasteiger partial charge on any atom is -0.462 e. The molecule has 0 aliphatic carbocycles. The van der Waals surface area contributed by atoms with E-state index in [2.05, 4.69) is 41.5 Å². The van der Waals surface area contributed by atoms with Crippen LogP contribution in [0.5, 0.6) is 0 Å². The number of ether oxygens (including phenoxy) is 4. The second kappa shape index (κ2) is 71.7. The summed E-state index contributed by atoms with van der Waals surface area (Å²) in [6, 6.07) is 0. The Hall–Kier alpha value is -1.94. The highest BCUT2D eigenvalue weighted by Crippen LogP contribution is 2.45. The Morgan fingerprint density at radius 1 is 0.273 bits per heavy atom. The highest BCUT2D eigenvalue weighted by molar-refractivity contribution is 7.47. The zero-order chi connectivity index (χ0) is 72.8. The van der Waals surface area contributed by atoms with E-state index < -0.39 is 97.5 Å². The Balaban J connectivity index is 5.27. The molecule has 0 saturated heterocycles. The lowest BCUT2D eigenvalue weighted by Crippen LogP contribution is -2.30. The molecule has 0 aliphatic heterocycles. The van der Waals surface area contributed by atoms with Gasteiger partial charge in [0.1, 0.15) is 19.3 Å². The quantitative estimate of drug-likeness (QED) is 0.0222. The highest BCUT2D eigenvalue weighted by Gasteiger charge is 2.30. The number of esters is 4. The molecule has 0 heterocycles. The molecule has 0 aromatic rings. The van der Waals surface area contributed by atoms with Crippen molar-refractivity contribution in [2.45, 2.75) is 439 Å². The van der Waals surface area contributed by atoms with E-state index in [0.717, 1.165) is 102 Å². The van der Waals surface area contributed by atoms with Crippen molar-refractivity contribution in [2.75, 3.05) is 39.6 Å². The summed E-state index contributed by atoms with van der Waals surface area (Å²) in [5, 5.41) is 10.6. The lowest BCUT2D eigenvalue weighted by atomic mass is 10.0. The molecule has 19 heteroatoms. The molecule has 99 heavy (non-hydrogen) atoms. The predicted octanol–water partition coefficient (Wildman–Crippen LogP) is 23.9. The third-order valence-corrected chi connectivity index (χ3v) is 20.6. The molecular weight excluding hydrogens is 1290 g/mol. The molecule has 0 spiro atoms. The van der Waals surface area contributed by atoms with Crippen LogP contribution in [0, 0.1) is 11.8 Å². The van der Waals surface area contributed by atoms with Gasteiger partial charge in [-0.25, -0.2) is 9.13 Å². The normalized spacial score (nSPS) is 13.9. The number of hydrogen-bond acceptors (Lipinski definition) is 15. The molecule has 0 radical (unpaired) electrons. The topological polar surface area (TPSA) is 237 Å². The minimum atomic E-state index is -4.96. The van der Waals surface area contributed by atoms with Crippen LogP contribution in [0.25, 0.3) is 0 Å². The van der Waals surface area contributed by atoms with E-state index in [4.69, 9.17) is 37.0 Å². The number of carbonyl (C=O) groups excluding carboxylic acids is 4. The van der Waals surface area contributed by atoms with E-state index in [-0.39, 0.29) is 25.7 Å². The van der Waals surface area contributed by atoms with E-state index in [0.29, 0.717) is 25.7 Å². The van der Waals surface area contributed by atoms with Gasteiger partial charge in [-0.3, -0.25) is 37.3 Å². The van der Waals surface area contributed by atoms with Crippen molar-refractivity contribution in [1.82, 2.24) is 0 Å². The minimum absolute atomic E-state index is 0.107. The molecule has 3 N–H and O–H groups in total. The molecule has 2 unspecified atom stereocenters. The van der Waals surface area contributed by atoms with Crippen molar-refractivity contribution < 1.29 is 80.2 Å². The fraction of sp³-hybridized carbons (Fsp3) is 0.950. The summed E-state index contributed by atoms with van der Waals surface area (Å²) in [6.07, 6.45) is 60.8. The van der Waals surface area contributed by atoms with E-state index in [1.165, 1.54) is 238 Å². The van der Waals surface area contributed by atoms with Gasteiger partial charge in [-0.05, 0) is 37.5 Å². The van der Waals surface area contributed by atoms with Crippen LogP contribution in [0.3, 0.4) is 0 Å². The third-order valence-electron chi connectivity index (χ3n) is 18.7. The van der Waals surface area contributed by atoms with Crippen molar-refractivity contribution in [3.8, 4) is 0 Å². The fourth-order valence-corrected chi connectivity index (χ4v) is 13.9. The first-order chi connectivity index (χ1) is 47.9. The number of phosphoric ester groups is 2. The van der Waals surface area contributed by atoms with Crippen LogP contribution < -0.4 is 0 Å². The van der Waals surface area contributed by atoms with Gasteiger partial charge in [0, 0.05) is 25.7 Å². The van der Waals surface area contributed by atoms with Gasteiger partial charge in [0.2, 0.25) is 0 Å². The van der Waals surface area contributed by atoms with Crippen LogP contribution in [-0.2, 0) is 65.4 Å². The van der Waals surface area contributed by atoms with Crippen molar-refractivity contribution in [1.29, 1.82) is 0 Å². The molecule has 0 aromatic heterocycles. The Bertz CT molecular complexity index is 1910. The maximum Gasteiger partial charge on any atom is 0.472 e. The predicted molar refractivity (Wildman–Crippen MR) is 405 cm³/mol. The zero-order valence-electron chi connectivity index (χ0n) is 64.8. The first-order valence-electron chi connectivity index (χ1n) is 41.5. The monoisotopic (exact) mass is 1450 g/mol. The summed E-state index contributed by atoms with van der Waals surface area (Å²) in [5.74, 6) is -0.555. The summed E-state index contributed by atoms with van der Waals surface area (Å²) < 4.78 is 68.7. The van der Waals surface area contributed by atoms with Crippen LogP contribution in [0.2, 0.25) is 0 Å². The smallest absolute Gasteiger partial charge is 0.462 e. The number of hydrogen-bond donors (Lipinski definition) is 3. The van der Waals surface area contributed by atoms with Gasteiger partial charge in [0.15, 0.2) is 12.2 Å². The SMILES string of the molecule is CCCCCCCCCCCCCCCCCCC(=O)OC[C@H](COP(=O)(O)OC[C@@H](O)COP(=O)(O)OC[C@@H](COC(=O)CCCCCCCCCCCCCCC)OC(=O)CCCCCCCCCCCCCC(C)C)OC(=O)CCCCCCCCCCCCCCCC(C)C. The van der Waals surface area contributed by atoms with Gasteiger partial charge in [0.25, 0.3) is 0 Å².